The highest BCUT2D eigenvalue weighted by molar-refractivity contribution is 5.78. The Labute approximate surface area is 100.0 Å². The van der Waals surface area contributed by atoms with Crippen LogP contribution in [0.25, 0.3) is 0 Å². The number of carbonyl (C=O) groups is 1. The van der Waals surface area contributed by atoms with Crippen LogP contribution in [0.2, 0.25) is 0 Å². The van der Waals surface area contributed by atoms with Crippen LogP contribution >= 0.6 is 0 Å². The van der Waals surface area contributed by atoms with Crippen molar-refractivity contribution in [3.05, 3.63) is 35.6 Å². The van der Waals surface area contributed by atoms with Crippen molar-refractivity contribution in [2.24, 2.45) is 0 Å². The highest BCUT2D eigenvalue weighted by Crippen LogP contribution is 2.10. The summed E-state index contributed by atoms with van der Waals surface area (Å²) in [5.41, 5.74) is 0.690. The molecule has 3 nitrogen and oxygen atoms in total. The Hall–Kier alpha value is -1.42. The van der Waals surface area contributed by atoms with Crippen molar-refractivity contribution in [2.45, 2.75) is 25.4 Å². The predicted octanol–water partition coefficient (Wildman–Crippen LogP) is 1.66. The van der Waals surface area contributed by atoms with E-state index in [0.29, 0.717) is 12.1 Å². The van der Waals surface area contributed by atoms with E-state index in [1.54, 1.807) is 12.1 Å². The van der Waals surface area contributed by atoms with Gasteiger partial charge in [0.15, 0.2) is 0 Å². The molecule has 92 valence electrons. The first-order chi connectivity index (χ1) is 8.24. The first-order valence-corrected chi connectivity index (χ1v) is 5.87. The van der Waals surface area contributed by atoms with E-state index < -0.39 is 0 Å². The van der Waals surface area contributed by atoms with Crippen molar-refractivity contribution < 1.29 is 13.9 Å². The molecule has 1 N–H and O–H groups in total. The van der Waals surface area contributed by atoms with Gasteiger partial charge in [0.05, 0.1) is 12.5 Å². The maximum absolute atomic E-state index is 12.9. The number of carbonyl (C=O) groups excluding carboxylic acids is 1. The van der Waals surface area contributed by atoms with E-state index in [2.05, 4.69) is 5.32 Å². The van der Waals surface area contributed by atoms with Crippen molar-refractivity contribution in [3.8, 4) is 0 Å². The number of halogens is 1. The zero-order chi connectivity index (χ0) is 12.1. The van der Waals surface area contributed by atoms with Crippen LogP contribution in [-0.4, -0.2) is 25.2 Å². The summed E-state index contributed by atoms with van der Waals surface area (Å²) >= 11 is 0. The van der Waals surface area contributed by atoms with Crippen molar-refractivity contribution in [1.29, 1.82) is 0 Å². The topological polar surface area (TPSA) is 38.3 Å². The lowest BCUT2D eigenvalue weighted by atomic mass is 10.1. The van der Waals surface area contributed by atoms with Crippen molar-refractivity contribution >= 4 is 5.91 Å². The Morgan fingerprint density at radius 1 is 1.53 bits per heavy atom. The summed E-state index contributed by atoms with van der Waals surface area (Å²) in [7, 11) is 0. The van der Waals surface area contributed by atoms with E-state index in [1.807, 2.05) is 0 Å². The average molecular weight is 237 g/mol. The van der Waals surface area contributed by atoms with Gasteiger partial charge >= 0.3 is 0 Å². The molecule has 1 saturated heterocycles. The predicted molar refractivity (Wildman–Crippen MR) is 62.1 cm³/mol. The lowest BCUT2D eigenvalue weighted by Gasteiger charge is -2.10. The smallest absolute Gasteiger partial charge is 0.224 e. The molecule has 0 aliphatic carbocycles. The number of benzene rings is 1. The summed E-state index contributed by atoms with van der Waals surface area (Å²) in [5.74, 6) is -0.402. The van der Waals surface area contributed by atoms with Crippen LogP contribution in [0, 0.1) is 5.82 Å². The minimum atomic E-state index is -0.311. The maximum Gasteiger partial charge on any atom is 0.224 e. The molecule has 0 bridgehead atoms. The summed E-state index contributed by atoms with van der Waals surface area (Å²) < 4.78 is 18.3. The normalized spacial score (nSPS) is 19.2. The third kappa shape index (κ3) is 3.82. The van der Waals surface area contributed by atoms with Gasteiger partial charge in [0.25, 0.3) is 0 Å². The molecule has 1 aliphatic rings. The Bertz CT molecular complexity index is 389. The van der Waals surface area contributed by atoms with Gasteiger partial charge < -0.3 is 10.1 Å². The molecule has 1 heterocycles. The summed E-state index contributed by atoms with van der Waals surface area (Å²) in [6.45, 7) is 1.33. The van der Waals surface area contributed by atoms with Gasteiger partial charge in [0, 0.05) is 13.2 Å². The fourth-order valence-electron chi connectivity index (χ4n) is 1.93. The molecule has 0 saturated carbocycles. The molecule has 0 radical (unpaired) electrons. The Balaban J connectivity index is 1.76. The van der Waals surface area contributed by atoms with Gasteiger partial charge in [0.2, 0.25) is 5.91 Å². The molecule has 1 aromatic carbocycles. The van der Waals surface area contributed by atoms with Crippen LogP contribution in [0.1, 0.15) is 18.4 Å². The second kappa shape index (κ2) is 5.77. The number of ether oxygens (including phenoxy) is 1. The summed E-state index contributed by atoms with van der Waals surface area (Å²) in [4.78, 5) is 11.6. The highest BCUT2D eigenvalue weighted by Gasteiger charge is 2.16. The summed E-state index contributed by atoms with van der Waals surface area (Å²) in [6.07, 6.45) is 2.42. The Morgan fingerprint density at radius 3 is 3.12 bits per heavy atom. The second-order valence-electron chi connectivity index (χ2n) is 4.25. The molecular weight excluding hydrogens is 221 g/mol. The number of hydrogen-bond acceptors (Lipinski definition) is 2. The fourth-order valence-corrected chi connectivity index (χ4v) is 1.93. The molecule has 17 heavy (non-hydrogen) atoms. The first kappa shape index (κ1) is 12.0. The van der Waals surface area contributed by atoms with Crippen molar-refractivity contribution in [3.63, 3.8) is 0 Å². The van der Waals surface area contributed by atoms with Crippen molar-refractivity contribution in [2.75, 3.05) is 13.2 Å². The lowest BCUT2D eigenvalue weighted by molar-refractivity contribution is -0.120. The molecule has 1 fully saturated rings. The molecule has 4 heteroatoms. The lowest BCUT2D eigenvalue weighted by Crippen LogP contribution is -2.32. The summed E-state index contributed by atoms with van der Waals surface area (Å²) in [5, 5.41) is 2.81. The quantitative estimate of drug-likeness (QED) is 0.865. The molecule has 1 atom stereocenters. The highest BCUT2D eigenvalue weighted by atomic mass is 19.1. The molecule has 1 aliphatic heterocycles. The molecule has 0 spiro atoms. The number of amides is 1. The SMILES string of the molecule is O=C(Cc1cccc(F)c1)NC[C@@H]1CCCO1. The minimum absolute atomic E-state index is 0.0916. The molecule has 0 aromatic heterocycles. The monoisotopic (exact) mass is 237 g/mol. The van der Waals surface area contributed by atoms with E-state index >= 15 is 0 Å². The van der Waals surface area contributed by atoms with E-state index in [4.69, 9.17) is 4.74 Å². The minimum Gasteiger partial charge on any atom is -0.376 e. The zero-order valence-electron chi connectivity index (χ0n) is 9.62. The van der Waals surface area contributed by atoms with E-state index in [9.17, 15) is 9.18 Å². The van der Waals surface area contributed by atoms with Crippen LogP contribution < -0.4 is 5.32 Å². The van der Waals surface area contributed by atoms with Gasteiger partial charge in [0.1, 0.15) is 5.82 Å². The third-order valence-electron chi connectivity index (χ3n) is 2.80. The van der Waals surface area contributed by atoms with Gasteiger partial charge in [-0.15, -0.1) is 0 Å². The van der Waals surface area contributed by atoms with E-state index in [0.717, 1.165) is 19.4 Å². The Kier molecular flexibility index (Phi) is 4.09. The van der Waals surface area contributed by atoms with Crippen molar-refractivity contribution in [1.82, 2.24) is 5.32 Å². The molecule has 1 amide bonds. The molecular formula is C13H16FNO2. The van der Waals surface area contributed by atoms with Crippen LogP contribution in [0.15, 0.2) is 24.3 Å². The standard InChI is InChI=1S/C13H16FNO2/c14-11-4-1-3-10(7-11)8-13(16)15-9-12-5-2-6-17-12/h1,3-4,7,12H,2,5-6,8-9H2,(H,15,16)/t12-/m0/s1. The maximum atomic E-state index is 12.9. The van der Waals surface area contributed by atoms with Crippen LogP contribution in [0.4, 0.5) is 4.39 Å². The molecule has 1 aromatic rings. The van der Waals surface area contributed by atoms with Gasteiger partial charge in [-0.1, -0.05) is 12.1 Å². The van der Waals surface area contributed by atoms with Gasteiger partial charge in [-0.05, 0) is 30.5 Å². The first-order valence-electron chi connectivity index (χ1n) is 5.87. The molecule has 2 rings (SSSR count). The van der Waals surface area contributed by atoms with Gasteiger partial charge in [-0.3, -0.25) is 4.79 Å². The number of nitrogens with one attached hydrogen (secondary N) is 1. The van der Waals surface area contributed by atoms with Crippen LogP contribution in [0.5, 0.6) is 0 Å². The number of rotatable bonds is 4. The largest absolute Gasteiger partial charge is 0.376 e. The zero-order valence-corrected chi connectivity index (χ0v) is 9.62. The summed E-state index contributed by atoms with van der Waals surface area (Å²) in [6, 6.07) is 6.10. The average Bonchev–Trinajstić information content (AvgIpc) is 2.79. The molecule has 0 unspecified atom stereocenters. The van der Waals surface area contributed by atoms with Gasteiger partial charge in [-0.2, -0.15) is 0 Å². The van der Waals surface area contributed by atoms with E-state index in [-0.39, 0.29) is 24.2 Å². The third-order valence-corrected chi connectivity index (χ3v) is 2.80. The second-order valence-corrected chi connectivity index (χ2v) is 4.25. The van der Waals surface area contributed by atoms with Gasteiger partial charge in [-0.25, -0.2) is 4.39 Å². The van der Waals surface area contributed by atoms with Crippen LogP contribution in [-0.2, 0) is 16.0 Å². The number of hydrogen-bond donors (Lipinski definition) is 1. The van der Waals surface area contributed by atoms with E-state index in [1.165, 1.54) is 12.1 Å². The van der Waals surface area contributed by atoms with Crippen LogP contribution in [0.3, 0.4) is 0 Å². The Morgan fingerprint density at radius 2 is 2.41 bits per heavy atom. The fraction of sp³-hybridized carbons (Fsp3) is 0.462.